The van der Waals surface area contributed by atoms with Gasteiger partial charge in [0.15, 0.2) is 6.10 Å². The third-order valence-electron chi connectivity index (χ3n) is 3.47. The van der Waals surface area contributed by atoms with Crippen molar-refractivity contribution in [3.05, 3.63) is 63.7 Å². The molecule has 0 aliphatic carbocycles. The van der Waals surface area contributed by atoms with Crippen molar-refractivity contribution in [1.29, 1.82) is 0 Å². The maximum atomic E-state index is 11.5. The molecule has 1 unspecified atom stereocenters. The quantitative estimate of drug-likeness (QED) is 0.892. The van der Waals surface area contributed by atoms with Gasteiger partial charge < -0.3 is 9.84 Å². The van der Waals surface area contributed by atoms with Gasteiger partial charge in [-0.15, -0.1) is 0 Å². The Morgan fingerprint density at radius 3 is 2.36 bits per heavy atom. The van der Waals surface area contributed by atoms with Crippen LogP contribution in [0.1, 0.15) is 22.3 Å². The van der Waals surface area contributed by atoms with Crippen LogP contribution in [0.25, 0.3) is 0 Å². The van der Waals surface area contributed by atoms with Gasteiger partial charge in [-0.2, -0.15) is 0 Å². The van der Waals surface area contributed by atoms with Crippen LogP contribution in [0, 0.1) is 20.8 Å². The lowest BCUT2D eigenvalue weighted by atomic mass is 10.0. The molecule has 0 bridgehead atoms. The lowest BCUT2D eigenvalue weighted by Crippen LogP contribution is -2.29. The predicted octanol–water partition coefficient (Wildman–Crippen LogP) is 4.34. The number of carboxylic acids is 1. The van der Waals surface area contributed by atoms with E-state index in [4.69, 9.17) is 16.3 Å². The number of carbonyl (C=O) groups is 1. The largest absolute Gasteiger partial charge is 0.478 e. The Bertz CT molecular complexity index is 674. The molecule has 0 saturated carbocycles. The molecule has 1 atom stereocenters. The van der Waals surface area contributed by atoms with Gasteiger partial charge in [0.25, 0.3) is 0 Å². The van der Waals surface area contributed by atoms with Crippen LogP contribution < -0.4 is 4.74 Å². The van der Waals surface area contributed by atoms with Gasteiger partial charge in [0, 0.05) is 11.4 Å². The normalized spacial score (nSPS) is 12.0. The highest BCUT2D eigenvalue weighted by molar-refractivity contribution is 6.30. The molecule has 0 heterocycles. The summed E-state index contributed by atoms with van der Waals surface area (Å²) in [6.07, 6.45) is -0.673. The number of hydrogen-bond donors (Lipinski definition) is 1. The number of ether oxygens (including phenoxy) is 1. The van der Waals surface area contributed by atoms with Gasteiger partial charge in [0.2, 0.25) is 0 Å². The molecule has 22 heavy (non-hydrogen) atoms. The molecule has 4 heteroatoms. The molecule has 3 nitrogen and oxygen atoms in total. The van der Waals surface area contributed by atoms with Crippen molar-refractivity contribution >= 4 is 17.6 Å². The molecule has 0 saturated heterocycles. The van der Waals surface area contributed by atoms with Crippen molar-refractivity contribution in [2.45, 2.75) is 33.3 Å². The van der Waals surface area contributed by atoms with Gasteiger partial charge in [-0.25, -0.2) is 4.79 Å². The van der Waals surface area contributed by atoms with Crippen molar-refractivity contribution in [3.8, 4) is 5.75 Å². The first-order chi connectivity index (χ1) is 10.3. The van der Waals surface area contributed by atoms with Crippen molar-refractivity contribution in [3.63, 3.8) is 0 Å². The number of aryl methyl sites for hydroxylation is 3. The van der Waals surface area contributed by atoms with Crippen LogP contribution in [-0.2, 0) is 11.2 Å². The minimum absolute atomic E-state index is 0.273. The third-order valence-corrected chi connectivity index (χ3v) is 3.70. The Morgan fingerprint density at radius 1 is 1.14 bits per heavy atom. The van der Waals surface area contributed by atoms with Crippen LogP contribution in [0.4, 0.5) is 0 Å². The first-order valence-corrected chi connectivity index (χ1v) is 7.46. The second-order valence-electron chi connectivity index (χ2n) is 5.54. The van der Waals surface area contributed by atoms with E-state index in [2.05, 4.69) is 0 Å². The fraction of sp³-hybridized carbons (Fsp3) is 0.278. The summed E-state index contributed by atoms with van der Waals surface area (Å²) in [5.41, 5.74) is 3.96. The maximum Gasteiger partial charge on any atom is 0.345 e. The van der Waals surface area contributed by atoms with E-state index in [-0.39, 0.29) is 6.42 Å². The van der Waals surface area contributed by atoms with Crippen molar-refractivity contribution in [1.82, 2.24) is 0 Å². The Balaban J connectivity index is 2.23. The van der Waals surface area contributed by atoms with Crippen molar-refractivity contribution in [2.75, 3.05) is 0 Å². The summed E-state index contributed by atoms with van der Waals surface area (Å²) in [7, 11) is 0. The topological polar surface area (TPSA) is 46.5 Å². The van der Waals surface area contributed by atoms with Gasteiger partial charge in [-0.05, 0) is 67.3 Å². The van der Waals surface area contributed by atoms with Crippen molar-refractivity contribution < 1.29 is 14.6 Å². The van der Waals surface area contributed by atoms with Gasteiger partial charge in [-0.3, -0.25) is 0 Å². The highest BCUT2D eigenvalue weighted by atomic mass is 35.5. The molecule has 0 radical (unpaired) electrons. The zero-order chi connectivity index (χ0) is 16.3. The van der Waals surface area contributed by atoms with Gasteiger partial charge in [0.1, 0.15) is 5.75 Å². The second-order valence-corrected chi connectivity index (χ2v) is 5.98. The Hall–Kier alpha value is -2.00. The molecule has 2 aromatic carbocycles. The number of halogens is 1. The fourth-order valence-corrected chi connectivity index (χ4v) is 2.60. The molecular formula is C18H19ClO3. The third kappa shape index (κ3) is 4.25. The smallest absolute Gasteiger partial charge is 0.345 e. The van der Waals surface area contributed by atoms with E-state index >= 15 is 0 Å². The molecule has 0 fully saturated rings. The van der Waals surface area contributed by atoms with E-state index in [1.54, 1.807) is 12.1 Å². The lowest BCUT2D eigenvalue weighted by Gasteiger charge is -2.17. The molecule has 2 aromatic rings. The molecule has 0 aliphatic rings. The highest BCUT2D eigenvalue weighted by Gasteiger charge is 2.21. The van der Waals surface area contributed by atoms with Crippen LogP contribution in [-0.4, -0.2) is 17.2 Å². The summed E-state index contributed by atoms with van der Waals surface area (Å²) in [5.74, 6) is -0.414. The number of benzene rings is 2. The van der Waals surface area contributed by atoms with E-state index < -0.39 is 12.1 Å². The van der Waals surface area contributed by atoms with Crippen LogP contribution in [0.2, 0.25) is 5.02 Å². The van der Waals surface area contributed by atoms with Gasteiger partial charge in [-0.1, -0.05) is 23.7 Å². The molecule has 2 rings (SSSR count). The first kappa shape index (κ1) is 16.4. The minimum Gasteiger partial charge on any atom is -0.478 e. The summed E-state index contributed by atoms with van der Waals surface area (Å²) < 4.78 is 5.69. The highest BCUT2D eigenvalue weighted by Crippen LogP contribution is 2.21. The molecule has 0 spiro atoms. The standard InChI is InChI=1S/C18H19ClO3/c1-11-6-12(2)8-16(7-11)22-17(18(20)21)10-14-9-15(19)5-4-13(14)3/h4-9,17H,10H2,1-3H3,(H,20,21). The Labute approximate surface area is 135 Å². The zero-order valence-corrected chi connectivity index (χ0v) is 13.6. The van der Waals surface area contributed by atoms with Gasteiger partial charge >= 0.3 is 5.97 Å². The molecule has 0 aromatic heterocycles. The van der Waals surface area contributed by atoms with E-state index in [9.17, 15) is 9.90 Å². The average molecular weight is 319 g/mol. The molecule has 1 N–H and O–H groups in total. The van der Waals surface area contributed by atoms with Gasteiger partial charge in [0.05, 0.1) is 0 Å². The zero-order valence-electron chi connectivity index (χ0n) is 12.9. The summed E-state index contributed by atoms with van der Waals surface area (Å²) in [4.78, 5) is 11.5. The van der Waals surface area contributed by atoms with Crippen molar-refractivity contribution in [2.24, 2.45) is 0 Å². The Morgan fingerprint density at radius 2 is 1.77 bits per heavy atom. The number of aliphatic carboxylic acids is 1. The summed E-state index contributed by atoms with van der Waals surface area (Å²) >= 11 is 5.99. The monoisotopic (exact) mass is 318 g/mol. The maximum absolute atomic E-state index is 11.5. The van der Waals surface area contributed by atoms with E-state index in [0.717, 1.165) is 22.3 Å². The molecule has 0 amide bonds. The molecule has 0 aliphatic heterocycles. The van der Waals surface area contributed by atoms with E-state index in [1.165, 1.54) is 0 Å². The number of hydrogen-bond acceptors (Lipinski definition) is 2. The molecular weight excluding hydrogens is 300 g/mol. The summed E-state index contributed by atoms with van der Waals surface area (Å²) in [6.45, 7) is 5.84. The minimum atomic E-state index is -0.987. The second kappa shape index (κ2) is 6.84. The van der Waals surface area contributed by atoms with Crippen LogP contribution >= 0.6 is 11.6 Å². The molecule has 116 valence electrons. The SMILES string of the molecule is Cc1cc(C)cc(OC(Cc2cc(Cl)ccc2C)C(=O)O)c1. The van der Waals surface area contributed by atoms with Crippen LogP contribution in [0.5, 0.6) is 5.75 Å². The first-order valence-electron chi connectivity index (χ1n) is 7.08. The fourth-order valence-electron chi connectivity index (χ4n) is 2.40. The average Bonchev–Trinajstić information content (AvgIpc) is 2.40. The lowest BCUT2D eigenvalue weighted by molar-refractivity contribution is -0.145. The predicted molar refractivity (Wildman–Crippen MR) is 87.9 cm³/mol. The van der Waals surface area contributed by atoms with E-state index in [1.807, 2.05) is 45.0 Å². The van der Waals surface area contributed by atoms with E-state index in [0.29, 0.717) is 10.8 Å². The summed E-state index contributed by atoms with van der Waals surface area (Å²) in [5, 5.41) is 10.0. The Kier molecular flexibility index (Phi) is 5.09. The van der Waals surface area contributed by atoms with Crippen LogP contribution in [0.3, 0.4) is 0 Å². The number of carboxylic acid groups (broad SMARTS) is 1. The summed E-state index contributed by atoms with van der Waals surface area (Å²) in [6, 6.07) is 11.2. The number of rotatable bonds is 5. The van der Waals surface area contributed by atoms with Crippen LogP contribution in [0.15, 0.2) is 36.4 Å².